The van der Waals surface area contributed by atoms with Gasteiger partial charge in [0.05, 0.1) is 5.75 Å². The van der Waals surface area contributed by atoms with Gasteiger partial charge in [0.15, 0.2) is 0 Å². The zero-order chi connectivity index (χ0) is 14.6. The van der Waals surface area contributed by atoms with Gasteiger partial charge in [-0.15, -0.1) is 0 Å². The molecule has 0 saturated heterocycles. The second-order valence-electron chi connectivity index (χ2n) is 3.61. The number of nitrogens with one attached hydrogen (secondary N) is 2. The lowest BCUT2D eigenvalue weighted by Gasteiger charge is -2.07. The summed E-state index contributed by atoms with van der Waals surface area (Å²) in [5.74, 6) is 0.223. The van der Waals surface area contributed by atoms with Gasteiger partial charge in [-0.05, 0) is 7.05 Å². The zero-order valence-electron chi connectivity index (χ0n) is 10.6. The van der Waals surface area contributed by atoms with Crippen LogP contribution in [0.2, 0.25) is 0 Å². The van der Waals surface area contributed by atoms with E-state index in [9.17, 15) is 8.42 Å². The molecule has 0 aliphatic rings. The van der Waals surface area contributed by atoms with Crippen LogP contribution in [0, 0.1) is 0 Å². The van der Waals surface area contributed by atoms with Crippen molar-refractivity contribution < 1.29 is 8.42 Å². The van der Waals surface area contributed by atoms with Gasteiger partial charge in [-0.25, -0.2) is 18.1 Å². The monoisotopic (exact) mass is 299 g/mol. The molecule has 0 radical (unpaired) electrons. The summed E-state index contributed by atoms with van der Waals surface area (Å²) in [5, 5.41) is 6.62. The number of nitrogens with two attached hydrogens (primary N) is 1. The Labute approximate surface area is 114 Å². The van der Waals surface area contributed by atoms with E-state index in [1.54, 1.807) is 0 Å². The van der Waals surface area contributed by atoms with Crippen LogP contribution in [-0.2, 0) is 10.0 Å². The average Bonchev–Trinajstić information content (AvgIpc) is 2.92. The minimum absolute atomic E-state index is 0.00975. The van der Waals surface area contributed by atoms with Gasteiger partial charge in [-0.3, -0.25) is 0 Å². The molecule has 2 aromatic rings. The molecule has 2 aromatic heterocycles. The van der Waals surface area contributed by atoms with E-state index in [1.165, 1.54) is 24.4 Å². The fourth-order valence-corrected chi connectivity index (χ4v) is 1.85. The first-order valence-electron chi connectivity index (χ1n) is 5.52. The molecule has 0 atom stereocenters. The molecule has 0 aliphatic carbocycles. The number of nitrogens with zero attached hydrogens (tertiary/aromatic N) is 6. The molecule has 0 bridgehead atoms. The van der Waals surface area contributed by atoms with Gasteiger partial charge in [0, 0.05) is 6.54 Å². The Morgan fingerprint density at radius 1 is 1.35 bits per heavy atom. The van der Waals surface area contributed by atoms with Crippen molar-refractivity contribution in [2.24, 2.45) is 0 Å². The molecule has 20 heavy (non-hydrogen) atoms. The summed E-state index contributed by atoms with van der Waals surface area (Å²) < 4.78 is 26.0. The largest absolute Gasteiger partial charge is 0.368 e. The molecule has 0 fully saturated rings. The highest BCUT2D eigenvalue weighted by Crippen LogP contribution is 2.05. The fraction of sp³-hybridized carbons (Fsp3) is 0.375. The highest BCUT2D eigenvalue weighted by atomic mass is 32.2. The van der Waals surface area contributed by atoms with E-state index in [4.69, 9.17) is 5.73 Å². The summed E-state index contributed by atoms with van der Waals surface area (Å²) in [4.78, 5) is 15.6. The number of hydrogen-bond donors (Lipinski definition) is 3. The van der Waals surface area contributed by atoms with E-state index < -0.39 is 10.0 Å². The SMILES string of the molecule is CNS(=O)(=O)CCNc1nc(N)nc(-n2cncn2)n1. The van der Waals surface area contributed by atoms with Crippen molar-refractivity contribution in [3.05, 3.63) is 12.7 Å². The summed E-state index contributed by atoms with van der Waals surface area (Å²) in [6.45, 7) is 0.128. The van der Waals surface area contributed by atoms with Crippen LogP contribution in [0.15, 0.2) is 12.7 Å². The summed E-state index contributed by atoms with van der Waals surface area (Å²) in [6, 6.07) is 0. The third-order valence-corrected chi connectivity index (χ3v) is 3.59. The second kappa shape index (κ2) is 5.75. The average molecular weight is 299 g/mol. The second-order valence-corrected chi connectivity index (χ2v) is 5.65. The molecule has 0 amide bonds. The molecule has 0 saturated carbocycles. The number of hydrogen-bond acceptors (Lipinski definition) is 9. The van der Waals surface area contributed by atoms with E-state index in [1.807, 2.05) is 0 Å². The molecule has 12 heteroatoms. The molecule has 0 unspecified atom stereocenters. The van der Waals surface area contributed by atoms with Gasteiger partial charge < -0.3 is 11.1 Å². The van der Waals surface area contributed by atoms with E-state index in [0.717, 1.165) is 0 Å². The molecule has 4 N–H and O–H groups in total. The molecule has 108 valence electrons. The fourth-order valence-electron chi connectivity index (χ4n) is 1.27. The summed E-state index contributed by atoms with van der Waals surface area (Å²) in [7, 11) is -1.95. The molecule has 0 aliphatic heterocycles. The third kappa shape index (κ3) is 3.58. The van der Waals surface area contributed by atoms with Crippen LogP contribution < -0.4 is 15.8 Å². The van der Waals surface area contributed by atoms with Crippen LogP contribution >= 0.6 is 0 Å². The lowest BCUT2D eigenvalue weighted by atomic mass is 10.7. The number of nitrogen functional groups attached to an aromatic ring is 1. The summed E-state index contributed by atoms with van der Waals surface area (Å²) in [5.41, 5.74) is 5.55. The van der Waals surface area contributed by atoms with Gasteiger partial charge >= 0.3 is 0 Å². The highest BCUT2D eigenvalue weighted by Gasteiger charge is 2.09. The van der Waals surface area contributed by atoms with Crippen molar-refractivity contribution in [3.63, 3.8) is 0 Å². The Morgan fingerprint density at radius 2 is 2.15 bits per heavy atom. The van der Waals surface area contributed by atoms with Crippen LogP contribution in [0.3, 0.4) is 0 Å². The van der Waals surface area contributed by atoms with Crippen LogP contribution in [0.25, 0.3) is 5.95 Å². The van der Waals surface area contributed by atoms with E-state index >= 15 is 0 Å². The summed E-state index contributed by atoms with van der Waals surface area (Å²) in [6.07, 6.45) is 2.73. The standard InChI is InChI=1S/C8H13N9O2S/c1-10-20(18,19)3-2-12-7-14-6(9)15-8(16-7)17-5-11-4-13-17/h4-5,10H,2-3H2,1H3,(H3,9,12,14,15,16). The van der Waals surface area contributed by atoms with E-state index in [-0.39, 0.29) is 30.1 Å². The van der Waals surface area contributed by atoms with Crippen LogP contribution in [0.4, 0.5) is 11.9 Å². The molecule has 11 nitrogen and oxygen atoms in total. The van der Waals surface area contributed by atoms with Crippen molar-refractivity contribution in [1.29, 1.82) is 0 Å². The van der Waals surface area contributed by atoms with Gasteiger partial charge in [0.25, 0.3) is 5.95 Å². The van der Waals surface area contributed by atoms with Gasteiger partial charge in [0.2, 0.25) is 21.9 Å². The lowest BCUT2D eigenvalue weighted by Crippen LogP contribution is -2.26. The number of aromatic nitrogens is 6. The van der Waals surface area contributed by atoms with Gasteiger partial charge in [-0.2, -0.15) is 24.7 Å². The highest BCUT2D eigenvalue weighted by molar-refractivity contribution is 7.89. The zero-order valence-corrected chi connectivity index (χ0v) is 11.4. The van der Waals surface area contributed by atoms with Crippen molar-refractivity contribution in [3.8, 4) is 5.95 Å². The maximum absolute atomic E-state index is 11.3. The van der Waals surface area contributed by atoms with E-state index in [0.29, 0.717) is 0 Å². The predicted molar refractivity (Wildman–Crippen MR) is 70.5 cm³/mol. The van der Waals surface area contributed by atoms with Crippen LogP contribution in [-0.4, -0.2) is 57.5 Å². The first-order chi connectivity index (χ1) is 9.50. The molecular weight excluding hydrogens is 286 g/mol. The maximum Gasteiger partial charge on any atom is 0.258 e. The number of sulfonamides is 1. The Balaban J connectivity index is 2.09. The molecule has 0 spiro atoms. The lowest BCUT2D eigenvalue weighted by molar-refractivity contribution is 0.588. The van der Waals surface area contributed by atoms with Gasteiger partial charge in [0.1, 0.15) is 12.7 Å². The Bertz CT molecular complexity index is 669. The Morgan fingerprint density at radius 3 is 2.80 bits per heavy atom. The minimum Gasteiger partial charge on any atom is -0.368 e. The molecule has 0 aromatic carbocycles. The number of anilines is 2. The molecule has 2 heterocycles. The van der Waals surface area contributed by atoms with Crippen LogP contribution in [0.1, 0.15) is 0 Å². The quantitative estimate of drug-likeness (QED) is 0.549. The Kier molecular flexibility index (Phi) is 4.05. The molecular formula is C8H13N9O2S. The van der Waals surface area contributed by atoms with Gasteiger partial charge in [-0.1, -0.05) is 0 Å². The van der Waals surface area contributed by atoms with Crippen molar-refractivity contribution in [2.75, 3.05) is 30.4 Å². The molecule has 2 rings (SSSR count). The Hall–Kier alpha value is -2.34. The first-order valence-corrected chi connectivity index (χ1v) is 7.17. The predicted octanol–water partition coefficient (Wildman–Crippen LogP) is -2.00. The van der Waals surface area contributed by atoms with Crippen LogP contribution in [0.5, 0.6) is 0 Å². The van der Waals surface area contributed by atoms with Crippen molar-refractivity contribution in [1.82, 2.24) is 34.4 Å². The summed E-state index contributed by atoms with van der Waals surface area (Å²) >= 11 is 0. The number of rotatable bonds is 6. The topological polar surface area (TPSA) is 154 Å². The van der Waals surface area contributed by atoms with Crippen molar-refractivity contribution >= 4 is 21.9 Å². The maximum atomic E-state index is 11.3. The smallest absolute Gasteiger partial charge is 0.258 e. The first kappa shape index (κ1) is 14.1. The van der Waals surface area contributed by atoms with E-state index in [2.05, 4.69) is 35.1 Å². The third-order valence-electron chi connectivity index (χ3n) is 2.23. The van der Waals surface area contributed by atoms with Crippen molar-refractivity contribution in [2.45, 2.75) is 0 Å². The normalized spacial score (nSPS) is 11.4. The minimum atomic E-state index is -3.30.